The van der Waals surface area contributed by atoms with Gasteiger partial charge in [-0.05, 0) is 33.9 Å². The Labute approximate surface area is 201 Å². The van der Waals surface area contributed by atoms with Crippen molar-refractivity contribution in [3.63, 3.8) is 0 Å². The Hall–Kier alpha value is -3.81. The van der Waals surface area contributed by atoms with Crippen molar-refractivity contribution in [2.45, 2.75) is 44.6 Å². The molecule has 1 aromatic heterocycles. The summed E-state index contributed by atoms with van der Waals surface area (Å²) in [6.07, 6.45) is -2.65. The summed E-state index contributed by atoms with van der Waals surface area (Å²) in [6, 6.07) is 18.8. The van der Waals surface area contributed by atoms with Gasteiger partial charge in [-0.1, -0.05) is 73.7 Å². The van der Waals surface area contributed by atoms with Gasteiger partial charge in [0.1, 0.15) is 11.4 Å². The van der Waals surface area contributed by atoms with E-state index in [1.54, 1.807) is 0 Å². The van der Waals surface area contributed by atoms with Crippen molar-refractivity contribution in [3.05, 3.63) is 95.2 Å². The summed E-state index contributed by atoms with van der Waals surface area (Å²) in [6.45, 7) is 2.27. The molecule has 2 atom stereocenters. The number of hydrogen-bond donors (Lipinski definition) is 2. The van der Waals surface area contributed by atoms with Crippen LogP contribution in [-0.4, -0.2) is 21.9 Å². The van der Waals surface area contributed by atoms with Crippen molar-refractivity contribution >= 4 is 22.5 Å². The average molecular weight is 479 g/mol. The van der Waals surface area contributed by atoms with E-state index in [0.29, 0.717) is 0 Å². The molecule has 1 amide bonds. The fourth-order valence-corrected chi connectivity index (χ4v) is 4.65. The third-order valence-corrected chi connectivity index (χ3v) is 6.59. The van der Waals surface area contributed by atoms with E-state index in [1.807, 2.05) is 73.7 Å². The number of benzene rings is 3. The number of halogens is 3. The van der Waals surface area contributed by atoms with Crippen LogP contribution in [0.4, 0.5) is 19.0 Å². The van der Waals surface area contributed by atoms with Crippen molar-refractivity contribution in [1.29, 1.82) is 0 Å². The van der Waals surface area contributed by atoms with E-state index >= 15 is 0 Å². The van der Waals surface area contributed by atoms with Crippen LogP contribution in [-0.2, 0) is 13.0 Å². The molecule has 5 nitrogen and oxygen atoms in total. The lowest BCUT2D eigenvalue weighted by Crippen LogP contribution is -2.36. The number of alkyl halides is 3. The number of anilines is 1. The Bertz CT molecular complexity index is 1360. The molecule has 0 unspecified atom stereocenters. The van der Waals surface area contributed by atoms with Crippen molar-refractivity contribution in [3.8, 4) is 0 Å². The van der Waals surface area contributed by atoms with Gasteiger partial charge >= 0.3 is 6.18 Å². The molecular formula is C27H25F3N4O. The number of nitrogens with zero attached hydrogens (tertiary/aromatic N) is 2. The Morgan fingerprint density at radius 1 is 1.09 bits per heavy atom. The van der Waals surface area contributed by atoms with Gasteiger partial charge in [0.05, 0.1) is 12.2 Å². The largest absolute Gasteiger partial charge is 0.410 e. The highest BCUT2D eigenvalue weighted by molar-refractivity contribution is 5.99. The van der Waals surface area contributed by atoms with Gasteiger partial charge in [-0.25, -0.2) is 4.68 Å². The second-order valence-electron chi connectivity index (χ2n) is 8.76. The third-order valence-electron chi connectivity index (χ3n) is 6.59. The van der Waals surface area contributed by atoms with Gasteiger partial charge in [0, 0.05) is 13.0 Å². The van der Waals surface area contributed by atoms with Crippen LogP contribution in [0.25, 0.3) is 10.8 Å². The number of rotatable bonds is 5. The monoisotopic (exact) mass is 478 g/mol. The summed E-state index contributed by atoms with van der Waals surface area (Å²) in [5, 5.41) is 12.0. The van der Waals surface area contributed by atoms with Gasteiger partial charge in [0.2, 0.25) is 0 Å². The first-order chi connectivity index (χ1) is 16.8. The molecule has 0 bridgehead atoms. The first-order valence-corrected chi connectivity index (χ1v) is 11.6. The fraction of sp³-hybridized carbons (Fsp3) is 0.259. The minimum absolute atomic E-state index is 0.0820. The van der Waals surface area contributed by atoms with Gasteiger partial charge < -0.3 is 10.6 Å². The van der Waals surface area contributed by atoms with E-state index in [4.69, 9.17) is 0 Å². The topological polar surface area (TPSA) is 59.0 Å². The van der Waals surface area contributed by atoms with Crippen LogP contribution in [0, 0.1) is 0 Å². The zero-order valence-corrected chi connectivity index (χ0v) is 19.1. The molecule has 180 valence electrons. The van der Waals surface area contributed by atoms with Crippen molar-refractivity contribution < 1.29 is 18.0 Å². The molecule has 5 rings (SSSR count). The van der Waals surface area contributed by atoms with E-state index in [2.05, 4.69) is 15.7 Å². The smallest absolute Gasteiger partial charge is 0.363 e. The predicted molar refractivity (Wildman–Crippen MR) is 129 cm³/mol. The van der Waals surface area contributed by atoms with Crippen LogP contribution in [0.5, 0.6) is 0 Å². The number of aromatic nitrogens is 2. The van der Waals surface area contributed by atoms with Crippen molar-refractivity contribution in [2.24, 2.45) is 0 Å². The van der Waals surface area contributed by atoms with Crippen LogP contribution < -0.4 is 10.6 Å². The molecule has 0 radical (unpaired) electrons. The molecular weight excluding hydrogens is 453 g/mol. The lowest BCUT2D eigenvalue weighted by atomic mass is 9.95. The van der Waals surface area contributed by atoms with Gasteiger partial charge in [0.15, 0.2) is 6.04 Å². The zero-order valence-electron chi connectivity index (χ0n) is 19.1. The molecule has 1 aliphatic heterocycles. The number of aryl methyl sites for hydroxylation is 1. The SMILES string of the molecule is CCc1ccc([C@H]2C[C@@H](C(F)(F)F)n3ncc(C(=O)NCc4cccc5ccccc45)c3N2)cc1. The maximum absolute atomic E-state index is 14.0. The highest BCUT2D eigenvalue weighted by Crippen LogP contribution is 2.44. The minimum atomic E-state index is -4.50. The lowest BCUT2D eigenvalue weighted by Gasteiger charge is -2.34. The molecule has 3 aromatic carbocycles. The fourth-order valence-electron chi connectivity index (χ4n) is 4.65. The van der Waals surface area contributed by atoms with Crippen molar-refractivity contribution in [1.82, 2.24) is 15.1 Å². The number of hydrogen-bond acceptors (Lipinski definition) is 3. The van der Waals surface area contributed by atoms with E-state index in [-0.39, 0.29) is 24.3 Å². The molecule has 4 aromatic rings. The molecule has 2 N–H and O–H groups in total. The first-order valence-electron chi connectivity index (χ1n) is 11.6. The molecule has 0 saturated carbocycles. The second-order valence-corrected chi connectivity index (χ2v) is 8.76. The summed E-state index contributed by atoms with van der Waals surface area (Å²) < 4.78 is 42.8. The average Bonchev–Trinajstić information content (AvgIpc) is 3.30. The van der Waals surface area contributed by atoms with Gasteiger partial charge in [0.25, 0.3) is 5.91 Å². The summed E-state index contributed by atoms with van der Waals surface area (Å²) in [5.41, 5.74) is 2.86. The van der Waals surface area contributed by atoms with Gasteiger partial charge in [-0.15, -0.1) is 0 Å². The molecule has 0 spiro atoms. The normalized spacial score (nSPS) is 17.6. The molecule has 0 fully saturated rings. The standard InChI is InChI=1S/C27H25F3N4O/c1-2-17-10-12-19(13-11-17)23-14-24(27(28,29)30)34-25(33-23)22(16-32-34)26(35)31-15-20-8-5-7-18-6-3-4-9-21(18)20/h3-13,16,23-24,33H,2,14-15H2,1H3,(H,31,35)/t23-,24+/m1/s1. The summed E-state index contributed by atoms with van der Waals surface area (Å²) in [7, 11) is 0. The second kappa shape index (κ2) is 9.09. The van der Waals surface area contributed by atoms with Crippen LogP contribution in [0.2, 0.25) is 0 Å². The number of carbonyl (C=O) groups is 1. The highest BCUT2D eigenvalue weighted by Gasteiger charge is 2.47. The summed E-state index contributed by atoms with van der Waals surface area (Å²) >= 11 is 0. The van der Waals surface area contributed by atoms with E-state index < -0.39 is 24.2 Å². The molecule has 8 heteroatoms. The van der Waals surface area contributed by atoms with Crippen molar-refractivity contribution in [2.75, 3.05) is 5.32 Å². The third kappa shape index (κ3) is 4.48. The molecule has 0 aliphatic carbocycles. The van der Waals surface area contributed by atoms with Gasteiger partial charge in [-0.2, -0.15) is 18.3 Å². The van der Waals surface area contributed by atoms with Crippen LogP contribution in [0.15, 0.2) is 72.9 Å². The molecule has 0 saturated heterocycles. The minimum Gasteiger partial charge on any atom is -0.363 e. The Balaban J connectivity index is 1.42. The highest BCUT2D eigenvalue weighted by atomic mass is 19.4. The van der Waals surface area contributed by atoms with E-state index in [0.717, 1.165) is 38.6 Å². The quantitative estimate of drug-likeness (QED) is 0.360. The maximum atomic E-state index is 14.0. The van der Waals surface area contributed by atoms with Crippen LogP contribution in [0.3, 0.4) is 0 Å². The first kappa shape index (κ1) is 23.0. The van der Waals surface area contributed by atoms with Gasteiger partial charge in [-0.3, -0.25) is 4.79 Å². The number of carbonyl (C=O) groups excluding carboxylic acids is 1. The summed E-state index contributed by atoms with van der Waals surface area (Å²) in [4.78, 5) is 13.1. The summed E-state index contributed by atoms with van der Waals surface area (Å²) in [5.74, 6) is -0.395. The number of nitrogens with one attached hydrogen (secondary N) is 2. The molecule has 1 aliphatic rings. The predicted octanol–water partition coefficient (Wildman–Crippen LogP) is 6.19. The number of amides is 1. The van der Waals surface area contributed by atoms with E-state index in [9.17, 15) is 18.0 Å². The van der Waals surface area contributed by atoms with Crippen LogP contribution >= 0.6 is 0 Å². The Morgan fingerprint density at radius 2 is 1.83 bits per heavy atom. The maximum Gasteiger partial charge on any atom is 0.410 e. The van der Waals surface area contributed by atoms with E-state index in [1.165, 1.54) is 6.20 Å². The zero-order chi connectivity index (χ0) is 24.6. The molecule has 2 heterocycles. The Kier molecular flexibility index (Phi) is 5.96. The molecule has 35 heavy (non-hydrogen) atoms. The van der Waals surface area contributed by atoms with Crippen LogP contribution in [0.1, 0.15) is 52.5 Å². The Morgan fingerprint density at radius 3 is 2.57 bits per heavy atom. The number of fused-ring (bicyclic) bond motifs is 2. The lowest BCUT2D eigenvalue weighted by molar-refractivity contribution is -0.173.